The first-order valence-corrected chi connectivity index (χ1v) is 10.4. The molecule has 5 rings (SSSR count). The molecule has 0 saturated heterocycles. The summed E-state index contributed by atoms with van der Waals surface area (Å²) in [5, 5.41) is 3.67. The average Bonchev–Trinajstić information content (AvgIpc) is 2.59. The van der Waals surface area contributed by atoms with Gasteiger partial charge in [0.25, 0.3) is 5.91 Å². The Kier molecular flexibility index (Phi) is 4.96. The van der Waals surface area contributed by atoms with Crippen LogP contribution in [0.5, 0.6) is 5.75 Å². The lowest BCUT2D eigenvalue weighted by molar-refractivity contribution is -0.127. The van der Waals surface area contributed by atoms with Gasteiger partial charge in [-0.05, 0) is 93.7 Å². The number of rotatable bonds is 6. The van der Waals surface area contributed by atoms with E-state index in [4.69, 9.17) is 16.3 Å². The summed E-state index contributed by atoms with van der Waals surface area (Å²) in [6, 6.07) is 5.06. The zero-order valence-electron chi connectivity index (χ0n) is 16.1. The Morgan fingerprint density at radius 3 is 2.33 bits per heavy atom. The number of halogens is 1. The van der Waals surface area contributed by atoms with Crippen LogP contribution in [0.2, 0.25) is 5.02 Å². The number of carbonyl (C=O) groups is 2. The summed E-state index contributed by atoms with van der Waals surface area (Å²) in [4.78, 5) is 24.3. The van der Waals surface area contributed by atoms with Crippen molar-refractivity contribution >= 4 is 23.3 Å². The van der Waals surface area contributed by atoms with Crippen molar-refractivity contribution in [3.63, 3.8) is 0 Å². The summed E-state index contributed by atoms with van der Waals surface area (Å²) >= 11 is 5.96. The number of Topliss-reactive ketones (excluding diaryl/α,β-unsaturated/α-hetero) is 1. The second-order valence-electron chi connectivity index (χ2n) is 9.05. The lowest BCUT2D eigenvalue weighted by atomic mass is 9.48. The van der Waals surface area contributed by atoms with Gasteiger partial charge in [-0.25, -0.2) is 0 Å². The third-order valence-electron chi connectivity index (χ3n) is 7.06. The van der Waals surface area contributed by atoms with E-state index in [-0.39, 0.29) is 29.8 Å². The third-order valence-corrected chi connectivity index (χ3v) is 7.30. The average molecular weight is 390 g/mol. The van der Waals surface area contributed by atoms with Crippen LogP contribution in [0.1, 0.15) is 62.7 Å². The van der Waals surface area contributed by atoms with Crippen LogP contribution in [0.25, 0.3) is 0 Å². The van der Waals surface area contributed by atoms with Crippen LogP contribution in [0.15, 0.2) is 18.2 Å². The summed E-state index contributed by atoms with van der Waals surface area (Å²) in [6.07, 6.45) is 7.96. The molecular formula is C22H28ClNO3. The molecule has 1 N–H and O–H groups in total. The zero-order chi connectivity index (χ0) is 19.2. The van der Waals surface area contributed by atoms with Gasteiger partial charge in [-0.1, -0.05) is 11.6 Å². The summed E-state index contributed by atoms with van der Waals surface area (Å²) in [7, 11) is 0. The summed E-state index contributed by atoms with van der Waals surface area (Å²) in [5.41, 5.74) is 0.680. The molecule has 0 radical (unpaired) electrons. The Morgan fingerprint density at radius 2 is 1.78 bits per heavy atom. The summed E-state index contributed by atoms with van der Waals surface area (Å²) < 4.78 is 5.64. The number of benzene rings is 1. The van der Waals surface area contributed by atoms with E-state index in [0.717, 1.165) is 17.8 Å². The molecule has 4 bridgehead atoms. The minimum atomic E-state index is -0.130. The molecule has 0 heterocycles. The molecule has 4 nitrogen and oxygen atoms in total. The van der Waals surface area contributed by atoms with Crippen molar-refractivity contribution in [2.24, 2.45) is 23.2 Å². The Labute approximate surface area is 166 Å². The molecule has 1 aromatic rings. The van der Waals surface area contributed by atoms with Gasteiger partial charge < -0.3 is 10.1 Å². The van der Waals surface area contributed by atoms with Crippen molar-refractivity contribution in [2.45, 2.75) is 58.4 Å². The van der Waals surface area contributed by atoms with Gasteiger partial charge in [0.15, 0.2) is 12.4 Å². The lowest BCUT2D eigenvalue weighted by Crippen LogP contribution is -2.56. The van der Waals surface area contributed by atoms with Gasteiger partial charge in [0, 0.05) is 11.1 Å². The van der Waals surface area contributed by atoms with E-state index in [0.29, 0.717) is 16.3 Å². The van der Waals surface area contributed by atoms with Gasteiger partial charge in [0.05, 0.1) is 5.56 Å². The van der Waals surface area contributed by atoms with Crippen molar-refractivity contribution in [1.29, 1.82) is 0 Å². The van der Waals surface area contributed by atoms with E-state index in [2.05, 4.69) is 12.2 Å². The first kappa shape index (κ1) is 18.8. The molecule has 1 aromatic carbocycles. The molecule has 4 saturated carbocycles. The molecule has 0 aliphatic heterocycles. The summed E-state index contributed by atoms with van der Waals surface area (Å²) in [6.45, 7) is 3.54. The Bertz CT molecular complexity index is 725. The maximum absolute atomic E-state index is 12.5. The molecule has 1 amide bonds. The first-order valence-electron chi connectivity index (χ1n) is 10.1. The maximum atomic E-state index is 12.5. The standard InChI is InChI=1S/C22H28ClNO3/c1-13(25)19-8-18(23)3-4-20(19)27-12-21(26)24-14(2)22-9-15-5-16(10-22)7-17(6-15)11-22/h3-4,8,14-17H,5-7,9-12H2,1-2H3,(H,24,26)/t14-,15?,16?,17?,22?/m0/s1. The SMILES string of the molecule is CC(=O)c1cc(Cl)ccc1OCC(=O)N[C@@H](C)C12CC3CC(CC(C3)C1)C2. The van der Waals surface area contributed by atoms with Gasteiger partial charge in [-0.15, -0.1) is 0 Å². The Hall–Kier alpha value is -1.55. The Morgan fingerprint density at radius 1 is 1.19 bits per heavy atom. The smallest absolute Gasteiger partial charge is 0.258 e. The van der Waals surface area contributed by atoms with Crippen LogP contribution in [-0.4, -0.2) is 24.3 Å². The van der Waals surface area contributed by atoms with Crippen molar-refractivity contribution in [1.82, 2.24) is 5.32 Å². The summed E-state index contributed by atoms with van der Waals surface area (Å²) in [5.74, 6) is 2.74. The number of ether oxygens (including phenoxy) is 1. The molecule has 27 heavy (non-hydrogen) atoms. The second-order valence-corrected chi connectivity index (χ2v) is 9.49. The first-order chi connectivity index (χ1) is 12.8. The molecule has 4 aliphatic rings. The monoisotopic (exact) mass is 389 g/mol. The van der Waals surface area contributed by atoms with Crippen LogP contribution < -0.4 is 10.1 Å². The van der Waals surface area contributed by atoms with Gasteiger partial charge >= 0.3 is 0 Å². The third kappa shape index (κ3) is 3.73. The van der Waals surface area contributed by atoms with E-state index >= 15 is 0 Å². The fourth-order valence-corrected chi connectivity index (χ4v) is 6.36. The van der Waals surface area contributed by atoms with E-state index in [1.807, 2.05) is 0 Å². The van der Waals surface area contributed by atoms with E-state index in [9.17, 15) is 9.59 Å². The fraction of sp³-hybridized carbons (Fsp3) is 0.636. The lowest BCUT2D eigenvalue weighted by Gasteiger charge is -2.59. The minimum Gasteiger partial charge on any atom is -0.483 e. The number of amides is 1. The molecular weight excluding hydrogens is 362 g/mol. The van der Waals surface area contributed by atoms with Crippen LogP contribution in [0.4, 0.5) is 0 Å². The molecule has 146 valence electrons. The van der Waals surface area contributed by atoms with Crippen LogP contribution >= 0.6 is 11.6 Å². The topological polar surface area (TPSA) is 55.4 Å². The highest BCUT2D eigenvalue weighted by atomic mass is 35.5. The minimum absolute atomic E-state index is 0.0847. The van der Waals surface area contributed by atoms with Gasteiger partial charge in [-0.2, -0.15) is 0 Å². The zero-order valence-corrected chi connectivity index (χ0v) is 16.8. The van der Waals surface area contributed by atoms with Crippen LogP contribution in [0.3, 0.4) is 0 Å². The Balaban J connectivity index is 1.37. The number of nitrogens with one attached hydrogen (secondary N) is 1. The van der Waals surface area contributed by atoms with E-state index in [1.54, 1.807) is 18.2 Å². The predicted octanol–water partition coefficient (Wildman–Crippen LogP) is 4.64. The van der Waals surface area contributed by atoms with Crippen LogP contribution in [-0.2, 0) is 4.79 Å². The molecule has 4 fully saturated rings. The van der Waals surface area contributed by atoms with E-state index in [1.165, 1.54) is 45.4 Å². The normalized spacial score (nSPS) is 32.2. The molecule has 0 aromatic heterocycles. The quantitative estimate of drug-likeness (QED) is 0.721. The molecule has 5 heteroatoms. The van der Waals surface area contributed by atoms with Gasteiger partial charge in [-0.3, -0.25) is 9.59 Å². The largest absolute Gasteiger partial charge is 0.483 e. The maximum Gasteiger partial charge on any atom is 0.258 e. The highest BCUT2D eigenvalue weighted by Gasteiger charge is 2.53. The second kappa shape index (κ2) is 7.12. The van der Waals surface area contributed by atoms with E-state index < -0.39 is 0 Å². The predicted molar refractivity (Wildman–Crippen MR) is 105 cm³/mol. The van der Waals surface area contributed by atoms with Crippen molar-refractivity contribution in [3.8, 4) is 5.75 Å². The number of carbonyl (C=O) groups excluding carboxylic acids is 2. The van der Waals surface area contributed by atoms with Gasteiger partial charge in [0.2, 0.25) is 0 Å². The molecule has 4 aliphatic carbocycles. The molecule has 0 unspecified atom stereocenters. The number of hydrogen-bond donors (Lipinski definition) is 1. The highest BCUT2D eigenvalue weighted by molar-refractivity contribution is 6.31. The van der Waals surface area contributed by atoms with Gasteiger partial charge in [0.1, 0.15) is 5.75 Å². The molecule has 0 spiro atoms. The number of hydrogen-bond acceptors (Lipinski definition) is 3. The number of ketones is 1. The van der Waals surface area contributed by atoms with Crippen molar-refractivity contribution in [3.05, 3.63) is 28.8 Å². The fourth-order valence-electron chi connectivity index (χ4n) is 6.19. The molecule has 1 atom stereocenters. The van der Waals surface area contributed by atoms with Crippen molar-refractivity contribution < 1.29 is 14.3 Å². The highest BCUT2D eigenvalue weighted by Crippen LogP contribution is 2.61. The van der Waals surface area contributed by atoms with Crippen molar-refractivity contribution in [2.75, 3.05) is 6.61 Å². The van der Waals surface area contributed by atoms with Crippen LogP contribution in [0, 0.1) is 23.2 Å².